The van der Waals surface area contributed by atoms with Gasteiger partial charge in [-0.05, 0) is 32.4 Å². The summed E-state index contributed by atoms with van der Waals surface area (Å²) in [7, 11) is 2.17. The molecule has 2 aromatic heterocycles. The highest BCUT2D eigenvalue weighted by molar-refractivity contribution is 6.55. The van der Waals surface area contributed by atoms with Crippen molar-refractivity contribution in [3.63, 3.8) is 0 Å². The van der Waals surface area contributed by atoms with Crippen molar-refractivity contribution in [3.8, 4) is 0 Å². The molecule has 18 heavy (non-hydrogen) atoms. The molecule has 2 aromatic rings. The van der Waals surface area contributed by atoms with E-state index in [4.69, 9.17) is 0 Å². The van der Waals surface area contributed by atoms with Crippen LogP contribution in [0.1, 0.15) is 41.5 Å². The molecule has 0 unspecified atom stereocenters. The number of hydrogen-bond donors (Lipinski definition) is 0. The standard InChI is InChI=1S/C14H21BN3/c1-13(2,3)15-12-7-11-10(8-16-12)9-18(17-11)14(4,5)6/h7-9H,1-6H3. The average Bonchev–Trinajstić information content (AvgIpc) is 2.57. The summed E-state index contributed by atoms with van der Waals surface area (Å²) in [6.07, 6.45) is 3.96. The summed E-state index contributed by atoms with van der Waals surface area (Å²) < 4.78 is 2.00. The molecule has 0 aliphatic heterocycles. The van der Waals surface area contributed by atoms with E-state index in [1.807, 2.05) is 10.9 Å². The van der Waals surface area contributed by atoms with Crippen LogP contribution in [0.2, 0.25) is 5.31 Å². The summed E-state index contributed by atoms with van der Waals surface area (Å²) in [5.41, 5.74) is 2.01. The largest absolute Gasteiger partial charge is 0.271 e. The number of rotatable bonds is 1. The van der Waals surface area contributed by atoms with Crippen LogP contribution in [0.3, 0.4) is 0 Å². The molecule has 0 saturated carbocycles. The summed E-state index contributed by atoms with van der Waals surface area (Å²) in [6, 6.07) is 2.06. The SMILES string of the molecule is CC(C)(C)[B]c1cc2nn(C(C)(C)C)cc2cn1. The zero-order chi connectivity index (χ0) is 13.6. The van der Waals surface area contributed by atoms with Crippen LogP contribution < -0.4 is 5.59 Å². The van der Waals surface area contributed by atoms with Crippen LogP contribution in [0.25, 0.3) is 10.9 Å². The molecule has 0 bridgehead atoms. The Balaban J connectivity index is 2.40. The third-order valence-corrected chi connectivity index (χ3v) is 2.68. The number of aromatic nitrogens is 3. The lowest BCUT2D eigenvalue weighted by molar-refractivity contribution is 0.358. The van der Waals surface area contributed by atoms with Crippen molar-refractivity contribution in [2.75, 3.05) is 0 Å². The molecule has 1 radical (unpaired) electrons. The Labute approximate surface area is 110 Å². The van der Waals surface area contributed by atoms with Gasteiger partial charge in [0.05, 0.1) is 11.1 Å². The lowest BCUT2D eigenvalue weighted by Gasteiger charge is -2.18. The highest BCUT2D eigenvalue weighted by Crippen LogP contribution is 2.21. The van der Waals surface area contributed by atoms with Crippen molar-refractivity contribution in [3.05, 3.63) is 18.5 Å². The minimum Gasteiger partial charge on any atom is -0.271 e. The fraction of sp³-hybridized carbons (Fsp3) is 0.571. The Kier molecular flexibility index (Phi) is 3.00. The highest BCUT2D eigenvalue weighted by atomic mass is 15.3. The third kappa shape index (κ3) is 2.92. The Hall–Kier alpha value is -1.32. The first-order valence-electron chi connectivity index (χ1n) is 6.37. The van der Waals surface area contributed by atoms with E-state index in [-0.39, 0.29) is 10.9 Å². The fourth-order valence-corrected chi connectivity index (χ4v) is 1.80. The molecule has 0 atom stereocenters. The van der Waals surface area contributed by atoms with Gasteiger partial charge in [-0.2, -0.15) is 5.10 Å². The van der Waals surface area contributed by atoms with Crippen molar-refractivity contribution in [2.24, 2.45) is 0 Å². The lowest BCUT2D eigenvalue weighted by atomic mass is 9.53. The minimum atomic E-state index is 0.00687. The number of hydrogen-bond acceptors (Lipinski definition) is 2. The van der Waals surface area contributed by atoms with E-state index in [0.29, 0.717) is 0 Å². The van der Waals surface area contributed by atoms with Crippen LogP contribution in [0, 0.1) is 0 Å². The van der Waals surface area contributed by atoms with E-state index in [2.05, 4.69) is 71.2 Å². The molecule has 95 valence electrons. The molecule has 2 heterocycles. The van der Waals surface area contributed by atoms with Crippen molar-refractivity contribution in [1.29, 1.82) is 0 Å². The highest BCUT2D eigenvalue weighted by Gasteiger charge is 2.17. The number of fused-ring (bicyclic) bond motifs is 1. The molecule has 0 fully saturated rings. The quantitative estimate of drug-likeness (QED) is 0.720. The summed E-state index contributed by atoms with van der Waals surface area (Å²) in [6.45, 7) is 13.0. The molecule has 0 saturated heterocycles. The van der Waals surface area contributed by atoms with Crippen LogP contribution in [-0.2, 0) is 5.54 Å². The Morgan fingerprint density at radius 2 is 1.78 bits per heavy atom. The van der Waals surface area contributed by atoms with Crippen LogP contribution in [-0.4, -0.2) is 22.0 Å². The van der Waals surface area contributed by atoms with Gasteiger partial charge in [0.15, 0.2) is 7.28 Å². The average molecular weight is 242 g/mol. The zero-order valence-corrected chi connectivity index (χ0v) is 12.2. The first-order valence-corrected chi connectivity index (χ1v) is 6.37. The van der Waals surface area contributed by atoms with Gasteiger partial charge in [0, 0.05) is 17.8 Å². The summed E-state index contributed by atoms with van der Waals surface area (Å²) >= 11 is 0. The van der Waals surface area contributed by atoms with Gasteiger partial charge in [-0.15, -0.1) is 0 Å². The number of nitrogens with zero attached hydrogens (tertiary/aromatic N) is 3. The second-order valence-corrected chi connectivity index (χ2v) is 6.92. The monoisotopic (exact) mass is 242 g/mol. The van der Waals surface area contributed by atoms with E-state index < -0.39 is 0 Å². The summed E-state index contributed by atoms with van der Waals surface area (Å²) in [5, 5.41) is 5.86. The topological polar surface area (TPSA) is 30.7 Å². The van der Waals surface area contributed by atoms with Crippen molar-refractivity contribution >= 4 is 23.8 Å². The van der Waals surface area contributed by atoms with Gasteiger partial charge in [-0.25, -0.2) is 0 Å². The van der Waals surface area contributed by atoms with Crippen molar-refractivity contribution in [2.45, 2.75) is 52.4 Å². The van der Waals surface area contributed by atoms with E-state index >= 15 is 0 Å². The molecule has 3 nitrogen and oxygen atoms in total. The van der Waals surface area contributed by atoms with Crippen molar-refractivity contribution in [1.82, 2.24) is 14.8 Å². The van der Waals surface area contributed by atoms with Gasteiger partial charge in [0.2, 0.25) is 0 Å². The second kappa shape index (κ2) is 4.11. The molecule has 0 aliphatic carbocycles. The van der Waals surface area contributed by atoms with E-state index in [0.717, 1.165) is 16.5 Å². The van der Waals surface area contributed by atoms with Crippen LogP contribution in [0.5, 0.6) is 0 Å². The fourth-order valence-electron chi connectivity index (χ4n) is 1.80. The van der Waals surface area contributed by atoms with E-state index in [1.54, 1.807) is 0 Å². The predicted molar refractivity (Wildman–Crippen MR) is 77.6 cm³/mol. The van der Waals surface area contributed by atoms with E-state index in [1.165, 1.54) is 0 Å². The normalized spacial score (nSPS) is 13.0. The maximum absolute atomic E-state index is 4.63. The van der Waals surface area contributed by atoms with Gasteiger partial charge in [-0.3, -0.25) is 9.67 Å². The molecule has 0 spiro atoms. The molecule has 0 N–H and O–H groups in total. The summed E-state index contributed by atoms with van der Waals surface area (Å²) in [4.78, 5) is 4.48. The van der Waals surface area contributed by atoms with Crippen LogP contribution >= 0.6 is 0 Å². The Bertz CT molecular complexity index is 558. The van der Waals surface area contributed by atoms with Gasteiger partial charge >= 0.3 is 0 Å². The molecule has 0 amide bonds. The molecule has 0 aromatic carbocycles. The maximum atomic E-state index is 4.63. The molecule has 0 aliphatic rings. The molecule has 4 heteroatoms. The predicted octanol–water partition coefficient (Wildman–Crippen LogP) is 2.73. The molecular formula is C14H21BN3. The summed E-state index contributed by atoms with van der Waals surface area (Å²) in [5.74, 6) is 0. The number of pyridine rings is 1. The van der Waals surface area contributed by atoms with Crippen LogP contribution in [0.15, 0.2) is 18.5 Å². The van der Waals surface area contributed by atoms with Gasteiger partial charge in [-0.1, -0.05) is 26.1 Å². The zero-order valence-electron chi connectivity index (χ0n) is 12.2. The Morgan fingerprint density at radius 3 is 2.33 bits per heavy atom. The van der Waals surface area contributed by atoms with Gasteiger partial charge in [0.25, 0.3) is 0 Å². The Morgan fingerprint density at radius 1 is 1.11 bits per heavy atom. The second-order valence-electron chi connectivity index (χ2n) is 6.92. The van der Waals surface area contributed by atoms with Gasteiger partial charge in [0.1, 0.15) is 0 Å². The van der Waals surface area contributed by atoms with Crippen LogP contribution in [0.4, 0.5) is 0 Å². The minimum absolute atomic E-state index is 0.00687. The smallest absolute Gasteiger partial charge is 0.184 e. The first kappa shape index (κ1) is 13.1. The lowest BCUT2D eigenvalue weighted by Crippen LogP contribution is -2.25. The molecule has 2 rings (SSSR count). The molecular weight excluding hydrogens is 221 g/mol. The van der Waals surface area contributed by atoms with Crippen molar-refractivity contribution < 1.29 is 0 Å². The van der Waals surface area contributed by atoms with Gasteiger partial charge < -0.3 is 0 Å². The maximum Gasteiger partial charge on any atom is 0.184 e. The third-order valence-electron chi connectivity index (χ3n) is 2.68. The van der Waals surface area contributed by atoms with E-state index in [9.17, 15) is 0 Å². The first-order chi connectivity index (χ1) is 8.15.